The van der Waals surface area contributed by atoms with Crippen molar-refractivity contribution in [1.82, 2.24) is 0 Å². The first-order chi connectivity index (χ1) is 5.63. The van der Waals surface area contributed by atoms with Crippen LogP contribution in [0.1, 0.15) is 22.8 Å². The van der Waals surface area contributed by atoms with Gasteiger partial charge in [0.25, 0.3) is 0 Å². The van der Waals surface area contributed by atoms with Gasteiger partial charge in [0, 0.05) is 5.33 Å². The van der Waals surface area contributed by atoms with Crippen LogP contribution in [0, 0.1) is 13.8 Å². The maximum Gasteiger partial charge on any atom is 0.0886 e. The molecule has 0 spiro atoms. The molecule has 12 heavy (non-hydrogen) atoms. The molecule has 1 aromatic rings. The maximum atomic E-state index is 9.53. The molecule has 0 fully saturated rings. The highest BCUT2D eigenvalue weighted by molar-refractivity contribution is 9.09. The van der Waals surface area contributed by atoms with E-state index >= 15 is 0 Å². The lowest BCUT2D eigenvalue weighted by Crippen LogP contribution is -1.98. The van der Waals surface area contributed by atoms with Gasteiger partial charge in [-0.05, 0) is 19.4 Å². The van der Waals surface area contributed by atoms with E-state index in [1.807, 2.05) is 26.0 Å². The lowest BCUT2D eigenvalue weighted by Gasteiger charge is -2.09. The van der Waals surface area contributed by atoms with Crippen molar-refractivity contribution in [2.24, 2.45) is 0 Å². The Hall–Kier alpha value is -0.340. The van der Waals surface area contributed by atoms with Gasteiger partial charge in [0.2, 0.25) is 0 Å². The van der Waals surface area contributed by atoms with Crippen LogP contribution in [0.15, 0.2) is 18.2 Å². The second-order valence-electron chi connectivity index (χ2n) is 3.09. The van der Waals surface area contributed by atoms with Crippen LogP contribution in [-0.4, -0.2) is 10.4 Å². The summed E-state index contributed by atoms with van der Waals surface area (Å²) < 4.78 is 0. The van der Waals surface area contributed by atoms with Gasteiger partial charge in [-0.3, -0.25) is 0 Å². The van der Waals surface area contributed by atoms with Crippen molar-refractivity contribution in [2.45, 2.75) is 20.0 Å². The number of aliphatic hydroxyl groups is 1. The molecule has 0 saturated heterocycles. The van der Waals surface area contributed by atoms with Gasteiger partial charge in [-0.1, -0.05) is 45.3 Å². The van der Waals surface area contributed by atoms with Crippen molar-refractivity contribution in [1.29, 1.82) is 0 Å². The molecule has 0 radical (unpaired) electrons. The molecule has 0 heterocycles. The summed E-state index contributed by atoms with van der Waals surface area (Å²) in [5, 5.41) is 10.1. The van der Waals surface area contributed by atoms with Crippen molar-refractivity contribution in [3.8, 4) is 0 Å². The fourth-order valence-corrected chi connectivity index (χ4v) is 1.67. The monoisotopic (exact) mass is 228 g/mol. The Morgan fingerprint density at radius 2 is 1.75 bits per heavy atom. The van der Waals surface area contributed by atoms with Gasteiger partial charge in [0.05, 0.1) is 6.10 Å². The third-order valence-corrected chi connectivity index (χ3v) is 2.39. The Labute approximate surface area is 81.6 Å². The summed E-state index contributed by atoms with van der Waals surface area (Å²) in [5.74, 6) is 0. The van der Waals surface area contributed by atoms with E-state index in [4.69, 9.17) is 0 Å². The van der Waals surface area contributed by atoms with E-state index in [1.54, 1.807) is 0 Å². The van der Waals surface area contributed by atoms with E-state index < -0.39 is 0 Å². The predicted octanol–water partition coefficient (Wildman–Crippen LogP) is 2.73. The number of hydrogen-bond acceptors (Lipinski definition) is 1. The third-order valence-electron chi connectivity index (χ3n) is 1.77. The number of aliphatic hydroxyl groups excluding tert-OH is 1. The smallest absolute Gasteiger partial charge is 0.0886 e. The summed E-state index contributed by atoms with van der Waals surface area (Å²) in [6.07, 6.45) is -0.386. The molecule has 0 aromatic heterocycles. The van der Waals surface area contributed by atoms with E-state index in [2.05, 4.69) is 22.0 Å². The molecule has 0 aliphatic carbocycles. The number of benzene rings is 1. The Kier molecular flexibility index (Phi) is 3.29. The minimum Gasteiger partial charge on any atom is -0.388 e. The zero-order valence-electron chi connectivity index (χ0n) is 7.34. The minimum absolute atomic E-state index is 0.386. The standard InChI is InChI=1S/C10H13BrO/c1-7-3-8(2)5-9(4-7)10(12)6-11/h3-5,10,12H,6H2,1-2H3/t10-/m1/s1. The van der Waals surface area contributed by atoms with E-state index in [0.717, 1.165) is 5.56 Å². The maximum absolute atomic E-state index is 9.53. The average molecular weight is 229 g/mol. The van der Waals surface area contributed by atoms with Crippen molar-refractivity contribution < 1.29 is 5.11 Å². The molecule has 1 aromatic carbocycles. The van der Waals surface area contributed by atoms with Gasteiger partial charge in [-0.25, -0.2) is 0 Å². The molecule has 0 amide bonds. The Bertz CT molecular complexity index is 250. The zero-order chi connectivity index (χ0) is 9.14. The Morgan fingerprint density at radius 1 is 1.25 bits per heavy atom. The molecule has 0 bridgehead atoms. The SMILES string of the molecule is Cc1cc(C)cc([C@H](O)CBr)c1. The predicted molar refractivity (Wildman–Crippen MR) is 54.7 cm³/mol. The van der Waals surface area contributed by atoms with E-state index in [-0.39, 0.29) is 6.10 Å². The van der Waals surface area contributed by atoms with Crippen LogP contribution in [0.3, 0.4) is 0 Å². The van der Waals surface area contributed by atoms with Crippen LogP contribution in [0.25, 0.3) is 0 Å². The van der Waals surface area contributed by atoms with Crippen LogP contribution in [0.4, 0.5) is 0 Å². The highest BCUT2D eigenvalue weighted by Crippen LogP contribution is 2.18. The normalized spacial score (nSPS) is 13.0. The molecule has 0 aliphatic heterocycles. The largest absolute Gasteiger partial charge is 0.388 e. The van der Waals surface area contributed by atoms with Gasteiger partial charge in [-0.15, -0.1) is 0 Å². The number of rotatable bonds is 2. The molecular weight excluding hydrogens is 216 g/mol. The first-order valence-electron chi connectivity index (χ1n) is 3.95. The molecule has 66 valence electrons. The quantitative estimate of drug-likeness (QED) is 0.773. The summed E-state index contributed by atoms with van der Waals surface area (Å²) in [7, 11) is 0. The molecule has 1 nitrogen and oxygen atoms in total. The van der Waals surface area contributed by atoms with Gasteiger partial charge < -0.3 is 5.11 Å². The second kappa shape index (κ2) is 4.06. The van der Waals surface area contributed by atoms with Crippen LogP contribution in [0.2, 0.25) is 0 Å². The molecule has 2 heteroatoms. The van der Waals surface area contributed by atoms with Crippen LogP contribution in [0.5, 0.6) is 0 Å². The summed E-state index contributed by atoms with van der Waals surface area (Å²) in [6, 6.07) is 6.13. The number of halogens is 1. The second-order valence-corrected chi connectivity index (χ2v) is 3.74. The lowest BCUT2D eigenvalue weighted by molar-refractivity contribution is 0.205. The van der Waals surface area contributed by atoms with Crippen molar-refractivity contribution in [2.75, 3.05) is 5.33 Å². The molecule has 1 atom stereocenters. The van der Waals surface area contributed by atoms with Crippen LogP contribution in [-0.2, 0) is 0 Å². The lowest BCUT2D eigenvalue weighted by atomic mass is 10.0. The van der Waals surface area contributed by atoms with Crippen molar-refractivity contribution >= 4 is 15.9 Å². The fraction of sp³-hybridized carbons (Fsp3) is 0.400. The Morgan fingerprint density at radius 3 is 2.17 bits per heavy atom. The molecule has 1 N–H and O–H groups in total. The van der Waals surface area contributed by atoms with Gasteiger partial charge in [-0.2, -0.15) is 0 Å². The summed E-state index contributed by atoms with van der Waals surface area (Å²) >= 11 is 3.25. The highest BCUT2D eigenvalue weighted by Gasteiger charge is 2.05. The average Bonchev–Trinajstić information content (AvgIpc) is 2.01. The number of hydrogen-bond donors (Lipinski definition) is 1. The van der Waals surface area contributed by atoms with Gasteiger partial charge >= 0.3 is 0 Å². The molecule has 0 aliphatic rings. The van der Waals surface area contributed by atoms with E-state index in [9.17, 15) is 5.11 Å². The van der Waals surface area contributed by atoms with Crippen LogP contribution < -0.4 is 0 Å². The molecule has 1 rings (SSSR count). The Balaban J connectivity index is 3.00. The highest BCUT2D eigenvalue weighted by atomic mass is 79.9. The first kappa shape index (κ1) is 9.75. The first-order valence-corrected chi connectivity index (χ1v) is 5.08. The zero-order valence-corrected chi connectivity index (χ0v) is 8.93. The van der Waals surface area contributed by atoms with Gasteiger partial charge in [0.15, 0.2) is 0 Å². The summed E-state index contributed by atoms with van der Waals surface area (Å²) in [6.45, 7) is 4.08. The third kappa shape index (κ3) is 2.32. The summed E-state index contributed by atoms with van der Waals surface area (Å²) in [4.78, 5) is 0. The van der Waals surface area contributed by atoms with Gasteiger partial charge in [0.1, 0.15) is 0 Å². The van der Waals surface area contributed by atoms with Crippen LogP contribution >= 0.6 is 15.9 Å². The van der Waals surface area contributed by atoms with E-state index in [1.165, 1.54) is 11.1 Å². The van der Waals surface area contributed by atoms with Crippen molar-refractivity contribution in [3.05, 3.63) is 34.9 Å². The molecule has 0 saturated carbocycles. The summed E-state index contributed by atoms with van der Waals surface area (Å²) in [5.41, 5.74) is 3.39. The number of alkyl halides is 1. The molecular formula is C10H13BrO. The topological polar surface area (TPSA) is 20.2 Å². The van der Waals surface area contributed by atoms with E-state index in [0.29, 0.717) is 5.33 Å². The fourth-order valence-electron chi connectivity index (χ4n) is 1.29. The van der Waals surface area contributed by atoms with Crippen molar-refractivity contribution in [3.63, 3.8) is 0 Å². The number of aryl methyl sites for hydroxylation is 2. The molecule has 0 unspecified atom stereocenters. The minimum atomic E-state index is -0.386.